The molecule has 1 aliphatic heterocycles. The van der Waals surface area contributed by atoms with Crippen LogP contribution in [0.15, 0.2) is 126 Å². The summed E-state index contributed by atoms with van der Waals surface area (Å²) >= 11 is 0. The molecule has 6 rings (SSSR count). The first kappa shape index (κ1) is 38.4. The number of aromatic nitrogens is 2. The number of nitrogens with one attached hydrogen (secondary N) is 1. The summed E-state index contributed by atoms with van der Waals surface area (Å²) in [5.41, 5.74) is 0.147. The Bertz CT molecular complexity index is 2050. The highest BCUT2D eigenvalue weighted by molar-refractivity contribution is 7.32. The molecular formula is C39H39N3O11P+. The van der Waals surface area contributed by atoms with Crippen molar-refractivity contribution in [3.8, 4) is 11.5 Å². The van der Waals surface area contributed by atoms with E-state index in [-0.39, 0.29) is 12.4 Å². The maximum atomic E-state index is 13.5. The first-order valence-electron chi connectivity index (χ1n) is 16.9. The molecule has 0 aliphatic carbocycles. The fourth-order valence-corrected chi connectivity index (χ4v) is 6.91. The second-order valence-electron chi connectivity index (χ2n) is 12.1. The van der Waals surface area contributed by atoms with Crippen LogP contribution in [0.5, 0.6) is 11.5 Å². The molecule has 1 amide bonds. The number of ether oxygens (including phenoxy) is 5. The molecule has 5 atom stereocenters. The highest BCUT2D eigenvalue weighted by atomic mass is 31.1. The molecule has 1 unspecified atom stereocenters. The minimum atomic E-state index is -3.43. The average molecular weight is 757 g/mol. The van der Waals surface area contributed by atoms with Gasteiger partial charge in [0.2, 0.25) is 0 Å². The molecule has 1 aliphatic rings. The van der Waals surface area contributed by atoms with Crippen molar-refractivity contribution in [3.63, 3.8) is 0 Å². The predicted octanol–water partition coefficient (Wildman–Crippen LogP) is 5.18. The fourth-order valence-electron chi connectivity index (χ4n) is 6.44. The maximum absolute atomic E-state index is 13.5. The summed E-state index contributed by atoms with van der Waals surface area (Å²) in [5.74, 6) is -1.92. The van der Waals surface area contributed by atoms with Gasteiger partial charge in [0.15, 0.2) is 12.3 Å². The Hall–Kier alpha value is -5.31. The maximum Gasteiger partial charge on any atom is 0.697 e. The monoisotopic (exact) mass is 756 g/mol. The summed E-state index contributed by atoms with van der Waals surface area (Å²) in [5, 5.41) is 14.7. The van der Waals surface area contributed by atoms with E-state index in [4.69, 9.17) is 28.2 Å². The predicted molar refractivity (Wildman–Crippen MR) is 196 cm³/mol. The Kier molecular flexibility index (Phi) is 11.9. The molecule has 1 fully saturated rings. The van der Waals surface area contributed by atoms with Crippen LogP contribution in [0.1, 0.15) is 40.2 Å². The van der Waals surface area contributed by atoms with E-state index < -0.39 is 56.3 Å². The fraction of sp³-hybridized carbons (Fsp3) is 0.256. The topological polar surface area (TPSA) is 177 Å². The molecular weight excluding hydrogens is 717 g/mol. The lowest BCUT2D eigenvalue weighted by molar-refractivity contribution is -0.233. The van der Waals surface area contributed by atoms with E-state index >= 15 is 0 Å². The molecule has 5 aromatic rings. The van der Waals surface area contributed by atoms with E-state index in [9.17, 15) is 24.2 Å². The van der Waals surface area contributed by atoms with Gasteiger partial charge in [0.1, 0.15) is 29.0 Å². The van der Waals surface area contributed by atoms with E-state index in [0.29, 0.717) is 33.8 Å². The van der Waals surface area contributed by atoms with Crippen LogP contribution in [0.3, 0.4) is 0 Å². The van der Waals surface area contributed by atoms with Crippen molar-refractivity contribution >= 4 is 20.0 Å². The number of hydrogen-bond acceptors (Lipinski definition) is 11. The largest absolute Gasteiger partial charge is 0.697 e. The van der Waals surface area contributed by atoms with Gasteiger partial charge in [-0.3, -0.25) is 9.36 Å². The summed E-state index contributed by atoms with van der Waals surface area (Å²) in [4.78, 5) is 40.2. The van der Waals surface area contributed by atoms with Gasteiger partial charge in [0.25, 0.3) is 11.7 Å². The minimum Gasteiger partial charge on any atom is -0.497 e. The lowest BCUT2D eigenvalue weighted by atomic mass is 9.80. The quantitative estimate of drug-likeness (QED) is 0.0726. The Balaban J connectivity index is 1.40. The van der Waals surface area contributed by atoms with Crippen LogP contribution in [0.2, 0.25) is 0 Å². The van der Waals surface area contributed by atoms with Crippen LogP contribution in [-0.2, 0) is 28.9 Å². The van der Waals surface area contributed by atoms with Crippen molar-refractivity contribution < 1.29 is 47.6 Å². The molecule has 54 heavy (non-hydrogen) atoms. The van der Waals surface area contributed by atoms with E-state index in [1.807, 2.05) is 54.6 Å². The first-order valence-corrected chi connectivity index (χ1v) is 18.0. The molecule has 2 heterocycles. The third kappa shape index (κ3) is 7.81. The van der Waals surface area contributed by atoms with Gasteiger partial charge in [-0.05, 0) is 66.1 Å². The molecule has 14 nitrogen and oxygen atoms in total. The van der Waals surface area contributed by atoms with Gasteiger partial charge in [-0.25, -0.2) is 4.79 Å². The summed E-state index contributed by atoms with van der Waals surface area (Å²) in [7, 11) is -0.313. The lowest BCUT2D eigenvalue weighted by Gasteiger charge is -2.37. The van der Waals surface area contributed by atoms with Gasteiger partial charge in [0.05, 0.1) is 20.8 Å². The third-order valence-electron chi connectivity index (χ3n) is 9.01. The Morgan fingerprint density at radius 1 is 0.889 bits per heavy atom. The number of nitrogens with zero attached hydrogens (tertiary/aromatic N) is 2. The van der Waals surface area contributed by atoms with Crippen molar-refractivity contribution in [3.05, 3.63) is 154 Å². The van der Waals surface area contributed by atoms with Crippen molar-refractivity contribution in [1.82, 2.24) is 9.55 Å². The van der Waals surface area contributed by atoms with Crippen LogP contribution >= 0.6 is 8.25 Å². The smallest absolute Gasteiger partial charge is 0.497 e. The van der Waals surface area contributed by atoms with Gasteiger partial charge in [-0.15, -0.1) is 4.89 Å². The zero-order valence-electron chi connectivity index (χ0n) is 29.6. The number of carbonyl (C=O) groups excluding carboxylic acids is 1. The highest BCUT2D eigenvalue weighted by Gasteiger charge is 2.64. The van der Waals surface area contributed by atoms with Gasteiger partial charge < -0.3 is 34.1 Å². The normalized spacial score (nSPS) is 19.9. The van der Waals surface area contributed by atoms with E-state index in [1.165, 1.54) is 12.3 Å². The zero-order chi connectivity index (χ0) is 38.3. The van der Waals surface area contributed by atoms with E-state index in [0.717, 1.165) is 4.57 Å². The van der Waals surface area contributed by atoms with Crippen LogP contribution in [0, 0.1) is 0 Å². The van der Waals surface area contributed by atoms with Gasteiger partial charge in [-0.2, -0.15) is 4.98 Å². The number of anilines is 1. The van der Waals surface area contributed by atoms with Crippen LogP contribution in [0.25, 0.3) is 0 Å². The molecule has 1 saturated heterocycles. The Morgan fingerprint density at radius 3 is 1.96 bits per heavy atom. The van der Waals surface area contributed by atoms with Crippen LogP contribution in [-0.4, -0.2) is 70.9 Å². The number of rotatable bonds is 15. The minimum absolute atomic E-state index is 0.00890. The summed E-state index contributed by atoms with van der Waals surface area (Å²) in [6, 6.07) is 33.6. The van der Waals surface area contributed by atoms with Gasteiger partial charge in [0, 0.05) is 22.9 Å². The number of hydrogen-bond donors (Lipinski definition) is 3. The average Bonchev–Trinajstić information content (AvgIpc) is 3.45. The number of carbonyl (C=O) groups is 1. The molecule has 15 heteroatoms. The van der Waals surface area contributed by atoms with E-state index in [2.05, 4.69) is 10.3 Å². The van der Waals surface area contributed by atoms with Crippen LogP contribution in [0.4, 0.5) is 5.82 Å². The third-order valence-corrected chi connectivity index (χ3v) is 9.46. The summed E-state index contributed by atoms with van der Waals surface area (Å²) in [6.45, 7) is 1.17. The molecule has 0 radical (unpaired) electrons. The van der Waals surface area contributed by atoms with Gasteiger partial charge in [-0.1, -0.05) is 77.3 Å². The van der Waals surface area contributed by atoms with Crippen molar-refractivity contribution in [1.29, 1.82) is 0 Å². The number of aliphatic hydroxyl groups is 1. The Labute approximate surface area is 311 Å². The zero-order valence-corrected chi connectivity index (χ0v) is 30.5. The SMILES string of the molecule is CCO[C@H]1[C@H](n2ccc(NC(=O)c3ccccc3)nc2=O)O[C@H](COC(c2ccccc2)(c2ccc(OC)cc2)c2ccc(OC)cc2)[C@@]1(O)O[P+](=O)O. The number of benzene rings is 4. The molecule has 0 bridgehead atoms. The molecule has 1 aromatic heterocycles. The molecule has 3 N–H and O–H groups in total. The van der Waals surface area contributed by atoms with Gasteiger partial charge >= 0.3 is 13.9 Å². The lowest BCUT2D eigenvalue weighted by Crippen LogP contribution is -2.52. The molecule has 0 saturated carbocycles. The first-order chi connectivity index (χ1) is 26.1. The second kappa shape index (κ2) is 16.8. The van der Waals surface area contributed by atoms with Crippen molar-refractivity contribution in [2.75, 3.05) is 32.8 Å². The molecule has 0 spiro atoms. The van der Waals surface area contributed by atoms with Crippen molar-refractivity contribution in [2.24, 2.45) is 0 Å². The molecule has 280 valence electrons. The summed E-state index contributed by atoms with van der Waals surface area (Å²) < 4.78 is 48.6. The second-order valence-corrected chi connectivity index (χ2v) is 12.8. The van der Waals surface area contributed by atoms with Crippen molar-refractivity contribution in [2.45, 2.75) is 36.7 Å². The number of methoxy groups -OCH3 is 2. The summed E-state index contributed by atoms with van der Waals surface area (Å²) in [6.07, 6.45) is -3.17. The highest BCUT2D eigenvalue weighted by Crippen LogP contribution is 2.47. The standard InChI is InChI=1S/C39H38N3O11P/c1-4-50-34-36(42-24-23-33(41-37(42)44)40-35(43)26-11-7-5-8-12-26)52-32(39(34,45)53-54(46)47)25-51-38(27-13-9-6-10-14-27,28-15-19-30(48-2)20-16-28)29-17-21-31(49-3)22-18-29/h5-24,32,34,36,45H,4,25H2,1-3H3,(H-,40,41,43,44,46,47)/p+1/t32-,34+,36-,39-/m1/s1. The van der Waals surface area contributed by atoms with E-state index in [1.54, 1.807) is 75.7 Å². The number of amides is 1. The molecule has 4 aromatic carbocycles. The van der Waals surface area contributed by atoms with Crippen LogP contribution < -0.4 is 20.5 Å². The Morgan fingerprint density at radius 2 is 1.44 bits per heavy atom.